The summed E-state index contributed by atoms with van der Waals surface area (Å²) in [5.74, 6) is 0.204. The summed E-state index contributed by atoms with van der Waals surface area (Å²) in [6, 6.07) is 19.8. The van der Waals surface area contributed by atoms with Gasteiger partial charge in [-0.05, 0) is 57.5 Å². The Morgan fingerprint density at radius 3 is 2.39 bits per heavy atom. The highest BCUT2D eigenvalue weighted by atomic mass is 18.2. The molecule has 5 nitrogen and oxygen atoms in total. The standard InChI is InChI=1S/C30H34FN2O3/c1-5-32(6-2)21-13-15-25-27(19-21)36-28-20-22(33(7-3)8-4)14-16-26(28)29(25)23-11-9-10-12-24(23)30(34)35-18-17-31/h9-16,19-20H,5-8,17-18H2,1-4H3/q+1/i31-1. The van der Waals surface area contributed by atoms with E-state index in [0.717, 1.165) is 70.6 Å². The van der Waals surface area contributed by atoms with E-state index >= 15 is 0 Å². The highest BCUT2D eigenvalue weighted by Gasteiger charge is 2.23. The molecule has 0 bridgehead atoms. The molecule has 0 amide bonds. The molecule has 0 unspecified atom stereocenters. The minimum absolute atomic E-state index is 0.265. The van der Waals surface area contributed by atoms with E-state index in [2.05, 4.69) is 73.6 Å². The smallest absolute Gasteiger partial charge is 0.338 e. The summed E-state index contributed by atoms with van der Waals surface area (Å²) in [5.41, 5.74) is 4.76. The lowest BCUT2D eigenvalue weighted by atomic mass is 9.90. The number of carbonyl (C=O) groups is 1. The van der Waals surface area contributed by atoms with E-state index in [1.807, 2.05) is 12.1 Å². The Kier molecular flexibility index (Phi) is 8.04. The van der Waals surface area contributed by atoms with Crippen molar-refractivity contribution < 1.29 is 18.3 Å². The van der Waals surface area contributed by atoms with Crippen LogP contribution in [0.25, 0.3) is 33.4 Å². The van der Waals surface area contributed by atoms with Crippen LogP contribution >= 0.6 is 0 Å². The van der Waals surface area contributed by atoms with Gasteiger partial charge in [-0.2, -0.15) is 0 Å². The van der Waals surface area contributed by atoms with Gasteiger partial charge in [0.05, 0.1) is 11.6 Å². The number of fused-ring (bicyclic) bond motifs is 2. The summed E-state index contributed by atoms with van der Waals surface area (Å²) in [7, 11) is 0. The molecule has 0 saturated heterocycles. The Balaban J connectivity index is 2.07. The zero-order valence-electron chi connectivity index (χ0n) is 21.5. The van der Waals surface area contributed by atoms with Crippen LogP contribution in [0.4, 0.5) is 10.1 Å². The number of alkyl halides is 1. The molecule has 0 aromatic heterocycles. The van der Waals surface area contributed by atoms with Crippen LogP contribution in [-0.4, -0.2) is 45.4 Å². The Labute approximate surface area is 211 Å². The summed E-state index contributed by atoms with van der Waals surface area (Å²) >= 11 is 0. The zero-order valence-corrected chi connectivity index (χ0v) is 21.5. The molecule has 1 heterocycles. The lowest BCUT2D eigenvalue weighted by Gasteiger charge is -2.22. The van der Waals surface area contributed by atoms with Crippen LogP contribution in [0.1, 0.15) is 38.1 Å². The van der Waals surface area contributed by atoms with E-state index in [9.17, 15) is 9.18 Å². The maximum Gasteiger partial charge on any atom is 0.338 e. The van der Waals surface area contributed by atoms with Crippen LogP contribution in [0.2, 0.25) is 0 Å². The van der Waals surface area contributed by atoms with Crippen molar-refractivity contribution in [3.05, 3.63) is 71.6 Å². The summed E-state index contributed by atoms with van der Waals surface area (Å²) in [5, 5.41) is 1.98. The second-order valence-corrected chi connectivity index (χ2v) is 8.55. The maximum atomic E-state index is 12.9. The average Bonchev–Trinajstić information content (AvgIpc) is 2.91. The molecule has 0 radical (unpaired) electrons. The number of rotatable bonds is 9. The first kappa shape index (κ1) is 25.4. The van der Waals surface area contributed by atoms with Crippen molar-refractivity contribution in [2.24, 2.45) is 0 Å². The van der Waals surface area contributed by atoms with Gasteiger partial charge in [0, 0.05) is 47.4 Å². The molecule has 2 aromatic carbocycles. The van der Waals surface area contributed by atoms with Gasteiger partial charge in [-0.25, -0.2) is 13.8 Å². The Hall–Kier alpha value is -3.67. The first-order valence-corrected chi connectivity index (χ1v) is 12.7. The molecular weight excluding hydrogens is 454 g/mol. The van der Waals surface area contributed by atoms with Crippen LogP contribution in [0.15, 0.2) is 65.1 Å². The molecule has 0 saturated carbocycles. The summed E-state index contributed by atoms with van der Waals surface area (Å²) in [6.45, 7) is 11.1. The Morgan fingerprint density at radius 2 is 1.69 bits per heavy atom. The highest BCUT2D eigenvalue weighted by molar-refractivity contribution is 6.08. The monoisotopic (exact) mass is 488 g/mol. The third kappa shape index (κ3) is 4.85. The molecule has 1 aliphatic carbocycles. The number of esters is 1. The minimum atomic E-state index is -0.716. The number of halogens is 1. The molecule has 0 spiro atoms. The Bertz CT molecular complexity index is 1400. The summed E-state index contributed by atoms with van der Waals surface area (Å²) < 4.78 is 26.7. The number of carbonyl (C=O) groups excluding carboxylic acids is 1. The fourth-order valence-corrected chi connectivity index (χ4v) is 4.82. The van der Waals surface area contributed by atoms with Crippen LogP contribution in [0.3, 0.4) is 0 Å². The second kappa shape index (κ2) is 11.4. The van der Waals surface area contributed by atoms with Gasteiger partial charge in [-0.15, -0.1) is 0 Å². The first-order valence-electron chi connectivity index (χ1n) is 12.7. The fourth-order valence-electron chi connectivity index (χ4n) is 4.82. The van der Waals surface area contributed by atoms with Crippen LogP contribution < -0.4 is 14.8 Å². The van der Waals surface area contributed by atoms with Crippen molar-refractivity contribution in [2.75, 3.05) is 44.4 Å². The number of nitrogens with zero attached hydrogens (tertiary/aromatic N) is 2. The molecule has 0 atom stereocenters. The predicted molar refractivity (Wildman–Crippen MR) is 144 cm³/mol. The zero-order chi connectivity index (χ0) is 25.7. The molecule has 0 fully saturated rings. The third-order valence-corrected chi connectivity index (χ3v) is 6.67. The number of hydrogen-bond acceptors (Lipinski definition) is 4. The van der Waals surface area contributed by atoms with Gasteiger partial charge in [-0.3, -0.25) is 0 Å². The highest BCUT2D eigenvalue weighted by Crippen LogP contribution is 2.42. The van der Waals surface area contributed by atoms with Gasteiger partial charge in [0.25, 0.3) is 0 Å². The van der Waals surface area contributed by atoms with Gasteiger partial charge in [0.2, 0.25) is 5.36 Å². The summed E-state index contributed by atoms with van der Waals surface area (Å²) in [6.07, 6.45) is 0. The largest absolute Gasteiger partial charge is 0.459 e. The fraction of sp³-hybridized carbons (Fsp3) is 0.333. The van der Waals surface area contributed by atoms with Crippen molar-refractivity contribution in [1.82, 2.24) is 4.58 Å². The molecular formula is C30H34FN2O3+. The van der Waals surface area contributed by atoms with Crippen molar-refractivity contribution in [2.45, 2.75) is 27.7 Å². The number of hydrogen-bond donors (Lipinski definition) is 0. The second-order valence-electron chi connectivity index (χ2n) is 8.55. The molecule has 36 heavy (non-hydrogen) atoms. The van der Waals surface area contributed by atoms with Crippen molar-refractivity contribution >= 4 is 22.6 Å². The topological polar surface area (TPSA) is 45.7 Å². The SMILES string of the molecule is CCN(CC)c1ccc2c(-c3ccccc3C(=O)OCC[18F])c3ccc(=[N+](CC)CC)cc-3oc2c1. The first-order chi connectivity index (χ1) is 17.6. The Morgan fingerprint density at radius 1 is 0.944 bits per heavy atom. The lowest BCUT2D eigenvalue weighted by molar-refractivity contribution is 0.0482. The maximum absolute atomic E-state index is 12.9. The molecule has 6 heteroatoms. The summed E-state index contributed by atoms with van der Waals surface area (Å²) in [4.78, 5) is 15.2. The molecule has 4 rings (SSSR count). The van der Waals surface area contributed by atoms with Crippen LogP contribution in [0, 0.1) is 0 Å². The van der Waals surface area contributed by atoms with Gasteiger partial charge >= 0.3 is 5.97 Å². The third-order valence-electron chi connectivity index (χ3n) is 6.67. The minimum Gasteiger partial charge on any atom is -0.459 e. The van der Waals surface area contributed by atoms with E-state index in [0.29, 0.717) is 5.56 Å². The number of benzene rings is 3. The van der Waals surface area contributed by atoms with Crippen molar-refractivity contribution in [3.8, 4) is 22.5 Å². The lowest BCUT2D eigenvalue weighted by Crippen LogP contribution is -2.29. The normalized spacial score (nSPS) is 11.1. The average molecular weight is 489 g/mol. The van der Waals surface area contributed by atoms with E-state index in [4.69, 9.17) is 9.15 Å². The van der Waals surface area contributed by atoms with Gasteiger partial charge in [0.1, 0.15) is 37.7 Å². The van der Waals surface area contributed by atoms with Crippen LogP contribution in [0.5, 0.6) is 0 Å². The molecule has 188 valence electrons. The van der Waals surface area contributed by atoms with Gasteiger partial charge in [-0.1, -0.05) is 18.2 Å². The predicted octanol–water partition coefficient (Wildman–Crippen LogP) is 5.99. The molecule has 2 aromatic rings. The van der Waals surface area contributed by atoms with Gasteiger partial charge < -0.3 is 14.1 Å². The molecule has 2 aliphatic rings. The quantitative estimate of drug-likeness (QED) is 0.165. The van der Waals surface area contributed by atoms with E-state index < -0.39 is 12.6 Å². The number of ether oxygens (including phenoxy) is 1. The molecule has 0 N–H and O–H groups in total. The molecule has 1 aliphatic heterocycles. The van der Waals surface area contributed by atoms with Gasteiger partial charge in [0.15, 0.2) is 0 Å². The van der Waals surface area contributed by atoms with Crippen LogP contribution in [-0.2, 0) is 4.74 Å². The van der Waals surface area contributed by atoms with E-state index in [-0.39, 0.29) is 6.61 Å². The van der Waals surface area contributed by atoms with E-state index in [1.54, 1.807) is 12.1 Å². The van der Waals surface area contributed by atoms with Crippen molar-refractivity contribution in [3.63, 3.8) is 0 Å². The van der Waals surface area contributed by atoms with Crippen molar-refractivity contribution in [1.29, 1.82) is 0 Å². The number of anilines is 1. The van der Waals surface area contributed by atoms with E-state index in [1.165, 1.54) is 0 Å².